The van der Waals surface area contributed by atoms with Crippen LogP contribution in [0.25, 0.3) is 11.4 Å². The first kappa shape index (κ1) is 23.7. The Morgan fingerprint density at radius 3 is 2.75 bits per heavy atom. The van der Waals surface area contributed by atoms with Crippen LogP contribution in [-0.4, -0.2) is 37.1 Å². The van der Waals surface area contributed by atoms with Crippen molar-refractivity contribution in [1.82, 2.24) is 25.1 Å². The first-order chi connectivity index (χ1) is 17.0. The maximum atomic E-state index is 14.9. The third-order valence-electron chi connectivity index (χ3n) is 6.57. The number of likely N-dealkylation sites (tertiary alicyclic amines) is 1. The molecule has 3 aromatic rings. The highest BCUT2D eigenvalue weighted by molar-refractivity contribution is 5.92. The number of urea groups is 1. The van der Waals surface area contributed by atoms with Crippen LogP contribution in [0.2, 0.25) is 0 Å². The van der Waals surface area contributed by atoms with Gasteiger partial charge in [-0.2, -0.15) is 18.4 Å². The largest absolute Gasteiger partial charge is 0.423 e. The molecule has 2 bridgehead atoms. The van der Waals surface area contributed by atoms with E-state index >= 15 is 0 Å². The SMILES string of the molecule is Cc1nnc([C@]23C[C@@H](C)C[C@H](C2)N3C(=O)Nc2cc(-c3nccc(C#N)n3)c(C(F)(F)F)cc2F)o1. The number of nitriles is 1. The monoisotopic (exact) mass is 501 g/mol. The summed E-state index contributed by atoms with van der Waals surface area (Å²) in [5.41, 5.74) is -3.42. The van der Waals surface area contributed by atoms with Gasteiger partial charge in [-0.3, -0.25) is 0 Å². The van der Waals surface area contributed by atoms with Gasteiger partial charge in [-0.25, -0.2) is 19.2 Å². The van der Waals surface area contributed by atoms with E-state index in [0.717, 1.165) is 12.3 Å². The summed E-state index contributed by atoms with van der Waals surface area (Å²) >= 11 is 0. The van der Waals surface area contributed by atoms with Crippen LogP contribution in [0.3, 0.4) is 0 Å². The Morgan fingerprint density at radius 1 is 1.31 bits per heavy atom. The number of amides is 2. The molecule has 1 aliphatic heterocycles. The van der Waals surface area contributed by atoms with Crippen LogP contribution < -0.4 is 5.32 Å². The van der Waals surface area contributed by atoms with Gasteiger partial charge in [-0.05, 0) is 37.0 Å². The number of carbonyl (C=O) groups is 1. The average molecular weight is 501 g/mol. The number of rotatable bonds is 3. The number of halogens is 4. The number of piperidine rings is 1. The van der Waals surface area contributed by atoms with E-state index in [-0.39, 0.29) is 29.6 Å². The van der Waals surface area contributed by atoms with Crippen LogP contribution in [0.1, 0.15) is 49.2 Å². The number of benzene rings is 1. The standard InChI is InChI=1S/C23H19F4N7O2/c1-11-5-14-9-22(8-11,20-33-32-12(2)36-20)34(14)21(35)31-18-6-15(16(7-17(18)24)23(25,26)27)19-29-4-3-13(10-28)30-19/h3-4,6-7,11,14H,5,8-9H2,1-2H3,(H,31,35)/t11-,14+,22-/m0/s1. The van der Waals surface area contributed by atoms with Gasteiger partial charge in [-0.1, -0.05) is 6.92 Å². The Balaban J connectivity index is 1.52. The van der Waals surface area contributed by atoms with Gasteiger partial charge < -0.3 is 14.6 Å². The molecule has 36 heavy (non-hydrogen) atoms. The highest BCUT2D eigenvalue weighted by atomic mass is 19.4. The lowest BCUT2D eigenvalue weighted by Gasteiger charge is -2.61. The lowest BCUT2D eigenvalue weighted by atomic mass is 9.64. The molecular formula is C23H19F4N7O2. The highest BCUT2D eigenvalue weighted by Gasteiger charge is 2.62. The van der Waals surface area contributed by atoms with Gasteiger partial charge in [0.1, 0.15) is 23.1 Å². The van der Waals surface area contributed by atoms with Crippen LogP contribution >= 0.6 is 0 Å². The molecule has 2 fully saturated rings. The second kappa shape index (κ2) is 8.25. The number of fused-ring (bicyclic) bond motifs is 2. The van der Waals surface area contributed by atoms with Gasteiger partial charge in [-0.15, -0.1) is 10.2 Å². The Hall–Kier alpha value is -4.08. The van der Waals surface area contributed by atoms with Crippen LogP contribution in [0, 0.1) is 30.0 Å². The molecular weight excluding hydrogens is 482 g/mol. The van der Waals surface area contributed by atoms with Gasteiger partial charge in [0.15, 0.2) is 5.82 Å². The second-order valence-corrected chi connectivity index (χ2v) is 9.11. The summed E-state index contributed by atoms with van der Waals surface area (Å²) in [5, 5.41) is 19.4. The first-order valence-electron chi connectivity index (χ1n) is 11.1. The van der Waals surface area contributed by atoms with Crippen molar-refractivity contribution in [3.63, 3.8) is 0 Å². The molecule has 2 aliphatic rings. The molecule has 0 radical (unpaired) electrons. The molecule has 1 N–H and O–H groups in total. The Bertz CT molecular complexity index is 1400. The summed E-state index contributed by atoms with van der Waals surface area (Å²) < 4.78 is 61.6. The van der Waals surface area contributed by atoms with Gasteiger partial charge in [0.25, 0.3) is 0 Å². The zero-order valence-electron chi connectivity index (χ0n) is 19.1. The second-order valence-electron chi connectivity index (χ2n) is 9.11. The fourth-order valence-corrected chi connectivity index (χ4v) is 5.25. The molecule has 3 atom stereocenters. The molecule has 2 aromatic heterocycles. The Kier molecular flexibility index (Phi) is 5.42. The van der Waals surface area contributed by atoms with Crippen molar-refractivity contribution in [2.45, 2.75) is 50.9 Å². The molecule has 13 heteroatoms. The van der Waals surface area contributed by atoms with E-state index in [1.165, 1.54) is 11.0 Å². The number of alkyl halides is 3. The van der Waals surface area contributed by atoms with Crippen molar-refractivity contribution in [3.05, 3.63) is 53.3 Å². The van der Waals surface area contributed by atoms with Crippen molar-refractivity contribution < 1.29 is 26.8 Å². The minimum Gasteiger partial charge on any atom is -0.423 e. The number of nitrogens with zero attached hydrogens (tertiary/aromatic N) is 6. The summed E-state index contributed by atoms with van der Waals surface area (Å²) in [6.45, 7) is 3.67. The number of aromatic nitrogens is 4. The number of hydrogen-bond donors (Lipinski definition) is 1. The Labute approximate surface area is 202 Å². The molecule has 1 saturated carbocycles. The third kappa shape index (κ3) is 3.82. The van der Waals surface area contributed by atoms with E-state index in [1.54, 1.807) is 13.0 Å². The Morgan fingerprint density at radius 2 is 2.08 bits per heavy atom. The molecule has 9 nitrogen and oxygen atoms in total. The van der Waals surface area contributed by atoms with Crippen LogP contribution in [0.5, 0.6) is 0 Å². The maximum absolute atomic E-state index is 14.9. The zero-order chi connectivity index (χ0) is 25.8. The smallest absolute Gasteiger partial charge is 0.417 e. The topological polar surface area (TPSA) is 121 Å². The molecule has 1 aromatic carbocycles. The van der Waals surface area contributed by atoms with E-state index in [0.29, 0.717) is 25.2 Å². The van der Waals surface area contributed by atoms with Crippen molar-refractivity contribution >= 4 is 11.7 Å². The normalized spacial score (nSPS) is 23.1. The predicted octanol–water partition coefficient (Wildman–Crippen LogP) is 4.80. The van der Waals surface area contributed by atoms with Crippen molar-refractivity contribution in [2.75, 3.05) is 5.32 Å². The first-order valence-corrected chi connectivity index (χ1v) is 11.1. The van der Waals surface area contributed by atoms with E-state index in [4.69, 9.17) is 9.68 Å². The minimum atomic E-state index is -4.94. The fraction of sp³-hybridized carbons (Fsp3) is 0.391. The number of hydrogen-bond acceptors (Lipinski definition) is 7. The lowest BCUT2D eigenvalue weighted by molar-refractivity contribution is -0.137. The molecule has 1 aliphatic carbocycles. The molecule has 1 saturated heterocycles. The number of nitrogens with one attached hydrogen (secondary N) is 1. The summed E-state index contributed by atoms with van der Waals surface area (Å²) in [4.78, 5) is 22.5. The number of anilines is 1. The third-order valence-corrected chi connectivity index (χ3v) is 6.57. The van der Waals surface area contributed by atoms with E-state index in [1.807, 2.05) is 6.92 Å². The summed E-state index contributed by atoms with van der Waals surface area (Å²) in [6.07, 6.45) is -1.97. The fourth-order valence-electron chi connectivity index (χ4n) is 5.25. The van der Waals surface area contributed by atoms with E-state index in [2.05, 4.69) is 25.5 Å². The number of carbonyl (C=O) groups excluding carboxylic acids is 1. The van der Waals surface area contributed by atoms with Crippen LogP contribution in [-0.2, 0) is 11.7 Å². The molecule has 0 unspecified atom stereocenters. The average Bonchev–Trinajstić information content (AvgIpc) is 3.25. The summed E-state index contributed by atoms with van der Waals surface area (Å²) in [5.74, 6) is -0.839. The minimum absolute atomic E-state index is 0.164. The molecule has 186 valence electrons. The van der Waals surface area contributed by atoms with Crippen LogP contribution in [0.4, 0.5) is 28.0 Å². The van der Waals surface area contributed by atoms with E-state index in [9.17, 15) is 22.4 Å². The molecule has 2 amide bonds. The predicted molar refractivity (Wildman–Crippen MR) is 116 cm³/mol. The maximum Gasteiger partial charge on any atom is 0.417 e. The lowest BCUT2D eigenvalue weighted by Crippen LogP contribution is -2.70. The van der Waals surface area contributed by atoms with Crippen molar-refractivity contribution in [3.8, 4) is 17.5 Å². The quantitative estimate of drug-likeness (QED) is 0.512. The van der Waals surface area contributed by atoms with Gasteiger partial charge in [0, 0.05) is 31.1 Å². The van der Waals surface area contributed by atoms with Gasteiger partial charge in [0.05, 0.1) is 11.3 Å². The van der Waals surface area contributed by atoms with Gasteiger partial charge in [0.2, 0.25) is 11.8 Å². The number of aryl methyl sites for hydroxylation is 1. The molecule has 5 rings (SSSR count). The highest BCUT2D eigenvalue weighted by Crippen LogP contribution is 2.55. The van der Waals surface area contributed by atoms with E-state index < -0.39 is 46.2 Å². The molecule has 3 heterocycles. The van der Waals surface area contributed by atoms with Crippen molar-refractivity contribution in [1.29, 1.82) is 5.26 Å². The van der Waals surface area contributed by atoms with Crippen LogP contribution in [0.15, 0.2) is 28.8 Å². The summed E-state index contributed by atoms with van der Waals surface area (Å²) in [7, 11) is 0. The summed E-state index contributed by atoms with van der Waals surface area (Å²) in [6, 6.07) is 3.19. The molecule has 0 spiro atoms. The van der Waals surface area contributed by atoms with Gasteiger partial charge >= 0.3 is 12.2 Å². The van der Waals surface area contributed by atoms with Crippen molar-refractivity contribution in [2.24, 2.45) is 5.92 Å². The zero-order valence-corrected chi connectivity index (χ0v) is 19.1.